The molecule has 0 bridgehead atoms. The van der Waals surface area contributed by atoms with Crippen molar-refractivity contribution in [1.82, 2.24) is 15.8 Å². The molecule has 3 aromatic carbocycles. The normalized spacial score (nSPS) is 10.9. The minimum absolute atomic E-state index is 0.0804. The average Bonchev–Trinajstić information content (AvgIpc) is 2.98. The van der Waals surface area contributed by atoms with Crippen LogP contribution in [0.1, 0.15) is 32.0 Å². The van der Waals surface area contributed by atoms with E-state index < -0.39 is 34.7 Å². The molecule has 1 heterocycles. The van der Waals surface area contributed by atoms with Crippen LogP contribution < -0.4 is 26.2 Å². The number of carbonyl (C=O) groups is 3. The van der Waals surface area contributed by atoms with Gasteiger partial charge in [0, 0.05) is 30.2 Å². The fraction of sp³-hybridized carbons (Fsp3) is 0.103. The lowest BCUT2D eigenvalue weighted by atomic mass is 10.1. The van der Waals surface area contributed by atoms with Crippen LogP contribution in [0.5, 0.6) is 11.5 Å². The Hall–Kier alpha value is -5.14. The molecule has 0 radical (unpaired) electrons. The highest BCUT2D eigenvalue weighted by molar-refractivity contribution is 6.31. The second kappa shape index (κ2) is 13.7. The van der Waals surface area contributed by atoms with Gasteiger partial charge in [-0.1, -0.05) is 23.7 Å². The molecule has 0 atom stereocenters. The first-order valence-corrected chi connectivity index (χ1v) is 12.8. The summed E-state index contributed by atoms with van der Waals surface area (Å²) in [5, 5.41) is 4.36. The lowest BCUT2D eigenvalue weighted by molar-refractivity contribution is -0.137. The van der Waals surface area contributed by atoms with Crippen LogP contribution in [0.3, 0.4) is 0 Å². The maximum absolute atomic E-state index is 13.1. The van der Waals surface area contributed by atoms with Crippen LogP contribution in [-0.2, 0) is 17.5 Å². The van der Waals surface area contributed by atoms with Crippen molar-refractivity contribution in [3.05, 3.63) is 112 Å². The van der Waals surface area contributed by atoms with Crippen LogP contribution in [-0.4, -0.2) is 30.0 Å². The monoisotopic (exact) mass is 613 g/mol. The third kappa shape index (κ3) is 8.67. The SMILES string of the molecule is COC(=O)c1ccc(CNNC(=O)c2cc(Oc3ccc(NC(=O)Nc4ccc(Cl)c(C(F)(F)F)c4)cc3)ccn2)cc1. The third-order valence-corrected chi connectivity index (χ3v) is 6.04. The van der Waals surface area contributed by atoms with E-state index in [1.54, 1.807) is 42.5 Å². The van der Waals surface area contributed by atoms with E-state index in [0.29, 0.717) is 22.7 Å². The van der Waals surface area contributed by atoms with Crippen molar-refractivity contribution in [2.45, 2.75) is 12.7 Å². The molecule has 0 fully saturated rings. The van der Waals surface area contributed by atoms with Crippen LogP contribution in [0, 0.1) is 0 Å². The zero-order valence-electron chi connectivity index (χ0n) is 22.3. The minimum Gasteiger partial charge on any atom is -0.465 e. The number of anilines is 2. The summed E-state index contributed by atoms with van der Waals surface area (Å²) in [5.74, 6) is -0.255. The molecule has 0 aliphatic rings. The first-order valence-electron chi connectivity index (χ1n) is 12.4. The van der Waals surface area contributed by atoms with Crippen LogP contribution in [0.25, 0.3) is 0 Å². The van der Waals surface area contributed by atoms with Gasteiger partial charge in [-0.25, -0.2) is 15.0 Å². The summed E-state index contributed by atoms with van der Waals surface area (Å²) < 4.78 is 49.6. The Labute approximate surface area is 248 Å². The van der Waals surface area contributed by atoms with E-state index in [4.69, 9.17) is 16.3 Å². The smallest absolute Gasteiger partial charge is 0.417 e. The molecule has 0 saturated carbocycles. The molecule has 4 aromatic rings. The number of halogens is 4. The highest BCUT2D eigenvalue weighted by atomic mass is 35.5. The Kier molecular flexibility index (Phi) is 9.80. The molecule has 43 heavy (non-hydrogen) atoms. The summed E-state index contributed by atoms with van der Waals surface area (Å²) >= 11 is 5.60. The molecule has 1 aromatic heterocycles. The van der Waals surface area contributed by atoms with Gasteiger partial charge in [0.25, 0.3) is 5.91 Å². The summed E-state index contributed by atoms with van der Waals surface area (Å²) in [6.45, 7) is 0.288. The summed E-state index contributed by atoms with van der Waals surface area (Å²) in [4.78, 5) is 40.4. The molecule has 0 aliphatic carbocycles. The van der Waals surface area contributed by atoms with E-state index in [1.807, 2.05) is 0 Å². The van der Waals surface area contributed by atoms with Crippen molar-refractivity contribution < 1.29 is 37.0 Å². The van der Waals surface area contributed by atoms with Gasteiger partial charge in [0.2, 0.25) is 0 Å². The number of rotatable bonds is 9. The van der Waals surface area contributed by atoms with Gasteiger partial charge in [-0.2, -0.15) is 13.2 Å². The molecule has 3 amide bonds. The number of hydrogen-bond acceptors (Lipinski definition) is 7. The number of nitrogens with one attached hydrogen (secondary N) is 4. The molecule has 4 rings (SSSR count). The Balaban J connectivity index is 1.28. The van der Waals surface area contributed by atoms with E-state index in [9.17, 15) is 27.6 Å². The lowest BCUT2D eigenvalue weighted by Gasteiger charge is -2.13. The van der Waals surface area contributed by atoms with Crippen LogP contribution in [0.4, 0.5) is 29.3 Å². The standard InChI is InChI=1S/C29H23ClF3N5O5/c1-42-27(40)18-4-2-17(3-5-18)16-35-38-26(39)25-15-22(12-13-34-25)43-21-9-6-19(7-10-21)36-28(41)37-20-8-11-24(30)23(14-20)29(31,32)33/h2-15,35H,16H2,1H3,(H,38,39)(H2,36,37,41). The molecule has 0 unspecified atom stereocenters. The van der Waals surface area contributed by atoms with Crippen molar-refractivity contribution in [3.8, 4) is 11.5 Å². The number of benzene rings is 3. The first-order chi connectivity index (χ1) is 20.5. The summed E-state index contributed by atoms with van der Waals surface area (Å²) in [5.41, 5.74) is 5.82. The number of carbonyl (C=O) groups excluding carboxylic acids is 3. The second-order valence-electron chi connectivity index (χ2n) is 8.77. The van der Waals surface area contributed by atoms with Crippen LogP contribution >= 0.6 is 11.6 Å². The fourth-order valence-electron chi connectivity index (χ4n) is 3.62. The first kappa shape index (κ1) is 30.8. The zero-order chi connectivity index (χ0) is 31.0. The topological polar surface area (TPSA) is 131 Å². The highest BCUT2D eigenvalue weighted by Crippen LogP contribution is 2.36. The van der Waals surface area contributed by atoms with Gasteiger partial charge in [-0.15, -0.1) is 0 Å². The summed E-state index contributed by atoms with van der Waals surface area (Å²) in [6.07, 6.45) is -3.27. The lowest BCUT2D eigenvalue weighted by Crippen LogP contribution is -2.37. The largest absolute Gasteiger partial charge is 0.465 e. The van der Waals surface area contributed by atoms with Gasteiger partial charge in [-0.05, 0) is 66.2 Å². The molecule has 0 saturated heterocycles. The molecule has 222 valence electrons. The second-order valence-corrected chi connectivity index (χ2v) is 9.18. The van der Waals surface area contributed by atoms with E-state index in [0.717, 1.165) is 17.7 Å². The molecule has 14 heteroatoms. The predicted octanol–water partition coefficient (Wildman–Crippen LogP) is 6.41. The van der Waals surface area contributed by atoms with Gasteiger partial charge in [0.15, 0.2) is 0 Å². The fourth-order valence-corrected chi connectivity index (χ4v) is 3.85. The number of urea groups is 1. The van der Waals surface area contributed by atoms with Crippen molar-refractivity contribution in [1.29, 1.82) is 0 Å². The summed E-state index contributed by atoms with van der Waals surface area (Å²) in [6, 6.07) is 18.1. The van der Waals surface area contributed by atoms with Gasteiger partial charge >= 0.3 is 18.2 Å². The van der Waals surface area contributed by atoms with Gasteiger partial charge < -0.3 is 20.1 Å². The number of nitrogens with zero attached hydrogens (tertiary/aromatic N) is 1. The molecular weight excluding hydrogens is 591 g/mol. The maximum Gasteiger partial charge on any atom is 0.417 e. The Morgan fingerprint density at radius 3 is 2.21 bits per heavy atom. The third-order valence-electron chi connectivity index (χ3n) is 5.71. The number of alkyl halides is 3. The number of hydrazine groups is 1. The number of hydrogen-bond donors (Lipinski definition) is 4. The van der Waals surface area contributed by atoms with Gasteiger partial charge in [0.1, 0.15) is 17.2 Å². The van der Waals surface area contributed by atoms with Crippen molar-refractivity contribution in [2.24, 2.45) is 0 Å². The van der Waals surface area contributed by atoms with E-state index in [2.05, 4.69) is 31.2 Å². The molecular formula is C29H23ClF3N5O5. The maximum atomic E-state index is 13.1. The van der Waals surface area contributed by atoms with Crippen LogP contribution in [0.2, 0.25) is 5.02 Å². The number of esters is 1. The molecule has 0 spiro atoms. The number of aromatic nitrogens is 1. The Bertz CT molecular complexity index is 1620. The van der Waals surface area contributed by atoms with Crippen molar-refractivity contribution >= 4 is 40.9 Å². The molecule has 10 nitrogen and oxygen atoms in total. The number of ether oxygens (including phenoxy) is 2. The van der Waals surface area contributed by atoms with Crippen LogP contribution in [0.15, 0.2) is 85.1 Å². The number of amides is 3. The summed E-state index contributed by atoms with van der Waals surface area (Å²) in [7, 11) is 1.30. The highest BCUT2D eigenvalue weighted by Gasteiger charge is 2.33. The number of methoxy groups -OCH3 is 1. The van der Waals surface area contributed by atoms with Gasteiger partial charge in [0.05, 0.1) is 23.3 Å². The Morgan fingerprint density at radius 2 is 1.53 bits per heavy atom. The van der Waals surface area contributed by atoms with E-state index >= 15 is 0 Å². The van der Waals surface area contributed by atoms with E-state index in [1.165, 1.54) is 37.6 Å². The minimum atomic E-state index is -4.67. The van der Waals surface area contributed by atoms with Gasteiger partial charge in [-0.3, -0.25) is 15.2 Å². The zero-order valence-corrected chi connectivity index (χ0v) is 23.0. The average molecular weight is 614 g/mol. The molecule has 0 aliphatic heterocycles. The van der Waals surface area contributed by atoms with Crippen molar-refractivity contribution in [3.63, 3.8) is 0 Å². The predicted molar refractivity (Wildman–Crippen MR) is 152 cm³/mol. The number of pyridine rings is 1. The Morgan fingerprint density at radius 1 is 0.860 bits per heavy atom. The van der Waals surface area contributed by atoms with Crippen molar-refractivity contribution in [2.75, 3.05) is 17.7 Å². The molecule has 4 N–H and O–H groups in total. The van der Waals surface area contributed by atoms with E-state index in [-0.39, 0.29) is 17.9 Å². The quantitative estimate of drug-likeness (QED) is 0.127.